The highest BCUT2D eigenvalue weighted by atomic mass is 16.3. The molecule has 0 bridgehead atoms. The fourth-order valence-corrected chi connectivity index (χ4v) is 1.13. The maximum absolute atomic E-state index is 10.4. The first-order chi connectivity index (χ1) is 5.66. The molecule has 0 spiro atoms. The highest BCUT2D eigenvalue weighted by molar-refractivity contribution is 5.69. The van der Waals surface area contributed by atoms with Crippen molar-refractivity contribution in [2.24, 2.45) is 0 Å². The number of nitrogen functional groups attached to an aromatic ring is 1. The molecule has 0 fully saturated rings. The lowest BCUT2D eigenvalue weighted by Gasteiger charge is -2.09. The number of hydrogen-bond acceptors (Lipinski definition) is 3. The van der Waals surface area contributed by atoms with Crippen LogP contribution in [0.15, 0.2) is 18.2 Å². The van der Waals surface area contributed by atoms with Crippen LogP contribution in [0.2, 0.25) is 0 Å². The number of nitrogens with two attached hydrogens (primary N) is 1. The molecular weight excluding hydrogens is 154 g/mol. The maximum atomic E-state index is 10.4. The van der Waals surface area contributed by atoms with Crippen molar-refractivity contribution in [3.63, 3.8) is 0 Å². The molecular formula is C9H11NO2. The first-order valence-electron chi connectivity index (χ1n) is 3.69. The zero-order valence-electron chi connectivity index (χ0n) is 6.82. The summed E-state index contributed by atoms with van der Waals surface area (Å²) in [4.78, 5) is 10.4. The molecule has 1 atom stereocenters. The summed E-state index contributed by atoms with van der Waals surface area (Å²) in [7, 11) is 0. The fraction of sp³-hybridized carbons (Fsp3) is 0.222. The summed E-state index contributed by atoms with van der Waals surface area (Å²) in [5.74, 6) is -0.277. The van der Waals surface area contributed by atoms with Gasteiger partial charge < -0.3 is 15.6 Å². The molecule has 1 aromatic rings. The Balaban J connectivity index is 3.20. The minimum atomic E-state index is -0.355. The van der Waals surface area contributed by atoms with Crippen LogP contribution >= 0.6 is 0 Å². The largest absolute Gasteiger partial charge is 0.508 e. The second-order valence-electron chi connectivity index (χ2n) is 2.70. The minimum absolute atomic E-state index is 0.0783. The van der Waals surface area contributed by atoms with Crippen molar-refractivity contribution in [2.45, 2.75) is 12.8 Å². The third-order valence-corrected chi connectivity index (χ3v) is 1.78. The van der Waals surface area contributed by atoms with E-state index in [9.17, 15) is 9.90 Å². The smallest absolute Gasteiger partial charge is 0.127 e. The number of phenolic OH excluding ortho intramolecular Hbond substituents is 1. The molecule has 0 amide bonds. The summed E-state index contributed by atoms with van der Waals surface area (Å²) in [6.07, 6.45) is 0.755. The van der Waals surface area contributed by atoms with Crippen LogP contribution < -0.4 is 5.73 Å². The molecule has 0 radical (unpaired) electrons. The summed E-state index contributed by atoms with van der Waals surface area (Å²) in [6.45, 7) is 1.69. The first-order valence-corrected chi connectivity index (χ1v) is 3.69. The number of hydrogen-bond donors (Lipinski definition) is 2. The molecule has 0 saturated heterocycles. The monoisotopic (exact) mass is 165 g/mol. The van der Waals surface area contributed by atoms with E-state index < -0.39 is 0 Å². The lowest BCUT2D eigenvalue weighted by atomic mass is 10.00. The molecule has 0 heterocycles. The predicted octanol–water partition coefficient (Wildman–Crippen LogP) is 1.28. The van der Waals surface area contributed by atoms with Crippen LogP contribution in [0.3, 0.4) is 0 Å². The lowest BCUT2D eigenvalue weighted by molar-refractivity contribution is -0.108. The van der Waals surface area contributed by atoms with E-state index in [4.69, 9.17) is 5.73 Å². The Morgan fingerprint density at radius 2 is 2.25 bits per heavy atom. The van der Waals surface area contributed by atoms with Crippen molar-refractivity contribution in [1.29, 1.82) is 0 Å². The van der Waals surface area contributed by atoms with Crippen LogP contribution in [0.25, 0.3) is 0 Å². The Morgan fingerprint density at radius 3 is 2.75 bits per heavy atom. The van der Waals surface area contributed by atoms with Crippen molar-refractivity contribution in [2.75, 3.05) is 5.73 Å². The molecule has 1 rings (SSSR count). The molecule has 0 aliphatic heterocycles. The Labute approximate surface area is 70.8 Å². The predicted molar refractivity (Wildman–Crippen MR) is 47.0 cm³/mol. The number of phenols is 1. The van der Waals surface area contributed by atoms with E-state index in [2.05, 4.69) is 0 Å². The molecule has 64 valence electrons. The Bertz CT molecular complexity index is 276. The van der Waals surface area contributed by atoms with E-state index in [0.29, 0.717) is 11.3 Å². The topological polar surface area (TPSA) is 63.3 Å². The summed E-state index contributed by atoms with van der Waals surface area (Å²) in [5, 5.41) is 9.35. The molecule has 0 aliphatic carbocycles. The van der Waals surface area contributed by atoms with E-state index in [-0.39, 0.29) is 11.7 Å². The van der Waals surface area contributed by atoms with E-state index in [1.54, 1.807) is 19.1 Å². The van der Waals surface area contributed by atoms with E-state index in [1.807, 2.05) is 0 Å². The molecule has 1 unspecified atom stereocenters. The van der Waals surface area contributed by atoms with E-state index in [1.165, 1.54) is 6.07 Å². The van der Waals surface area contributed by atoms with Crippen LogP contribution in [-0.2, 0) is 4.79 Å². The molecule has 0 aromatic heterocycles. The number of benzene rings is 1. The quantitative estimate of drug-likeness (QED) is 0.512. The molecule has 0 saturated carbocycles. The van der Waals surface area contributed by atoms with Gasteiger partial charge in [-0.2, -0.15) is 0 Å². The zero-order valence-corrected chi connectivity index (χ0v) is 6.82. The lowest BCUT2D eigenvalue weighted by Crippen LogP contribution is -2.00. The van der Waals surface area contributed by atoms with Gasteiger partial charge in [0.05, 0.1) is 0 Å². The zero-order chi connectivity index (χ0) is 9.14. The van der Waals surface area contributed by atoms with Crippen LogP contribution in [0.4, 0.5) is 5.69 Å². The summed E-state index contributed by atoms with van der Waals surface area (Å²) in [5.41, 5.74) is 6.54. The van der Waals surface area contributed by atoms with Crippen molar-refractivity contribution < 1.29 is 9.90 Å². The number of anilines is 1. The van der Waals surface area contributed by atoms with Gasteiger partial charge in [-0.15, -0.1) is 0 Å². The normalized spacial score (nSPS) is 12.4. The highest BCUT2D eigenvalue weighted by Crippen LogP contribution is 2.29. The average molecular weight is 165 g/mol. The standard InChI is InChI=1S/C9H11NO2/c1-6(5-11)9-7(10)3-2-4-8(9)12/h2-6,12H,10H2,1H3. The molecule has 12 heavy (non-hydrogen) atoms. The molecule has 3 nitrogen and oxygen atoms in total. The minimum Gasteiger partial charge on any atom is -0.508 e. The van der Waals surface area contributed by atoms with Crippen molar-refractivity contribution >= 4 is 12.0 Å². The van der Waals surface area contributed by atoms with Gasteiger partial charge in [-0.25, -0.2) is 0 Å². The average Bonchev–Trinajstić information content (AvgIpc) is 2.03. The highest BCUT2D eigenvalue weighted by Gasteiger charge is 2.11. The van der Waals surface area contributed by atoms with Crippen molar-refractivity contribution in [1.82, 2.24) is 0 Å². The van der Waals surface area contributed by atoms with Crippen LogP contribution in [0.1, 0.15) is 18.4 Å². The third kappa shape index (κ3) is 1.39. The molecule has 3 N–H and O–H groups in total. The Hall–Kier alpha value is -1.51. The van der Waals surface area contributed by atoms with E-state index in [0.717, 1.165) is 6.29 Å². The van der Waals surface area contributed by atoms with Gasteiger partial charge in [-0.05, 0) is 12.1 Å². The van der Waals surface area contributed by atoms with E-state index >= 15 is 0 Å². The Kier molecular flexibility index (Phi) is 2.33. The van der Waals surface area contributed by atoms with Gasteiger partial charge in [0.25, 0.3) is 0 Å². The van der Waals surface area contributed by atoms with Gasteiger partial charge in [0.15, 0.2) is 0 Å². The molecule has 3 heteroatoms. The van der Waals surface area contributed by atoms with Crippen LogP contribution in [-0.4, -0.2) is 11.4 Å². The summed E-state index contributed by atoms with van der Waals surface area (Å²) >= 11 is 0. The summed E-state index contributed by atoms with van der Waals surface area (Å²) in [6, 6.07) is 4.83. The van der Waals surface area contributed by atoms with Crippen molar-refractivity contribution in [3.8, 4) is 5.75 Å². The van der Waals surface area contributed by atoms with Crippen molar-refractivity contribution in [3.05, 3.63) is 23.8 Å². The van der Waals surface area contributed by atoms with Crippen LogP contribution in [0, 0.1) is 0 Å². The SMILES string of the molecule is CC(C=O)c1c(N)cccc1O. The maximum Gasteiger partial charge on any atom is 0.127 e. The fourth-order valence-electron chi connectivity index (χ4n) is 1.13. The number of carbonyl (C=O) groups is 1. The van der Waals surface area contributed by atoms with Gasteiger partial charge in [-0.1, -0.05) is 13.0 Å². The van der Waals surface area contributed by atoms with Gasteiger partial charge in [-0.3, -0.25) is 0 Å². The van der Waals surface area contributed by atoms with Gasteiger partial charge in [0.2, 0.25) is 0 Å². The Morgan fingerprint density at radius 1 is 1.58 bits per heavy atom. The molecule has 0 aliphatic rings. The number of aldehydes is 1. The van der Waals surface area contributed by atoms with Crippen LogP contribution in [0.5, 0.6) is 5.75 Å². The summed E-state index contributed by atoms with van der Waals surface area (Å²) < 4.78 is 0. The number of aromatic hydroxyl groups is 1. The number of carbonyl (C=O) groups excluding carboxylic acids is 1. The van der Waals surface area contributed by atoms with Gasteiger partial charge in [0, 0.05) is 17.2 Å². The third-order valence-electron chi connectivity index (χ3n) is 1.78. The second kappa shape index (κ2) is 3.26. The van der Waals surface area contributed by atoms with Gasteiger partial charge >= 0.3 is 0 Å². The number of rotatable bonds is 2. The first kappa shape index (κ1) is 8.59. The molecule has 1 aromatic carbocycles. The van der Waals surface area contributed by atoms with Gasteiger partial charge in [0.1, 0.15) is 12.0 Å². The second-order valence-corrected chi connectivity index (χ2v) is 2.70.